The van der Waals surface area contributed by atoms with E-state index in [0.717, 1.165) is 6.07 Å². The van der Waals surface area contributed by atoms with Crippen LogP contribution in [0.2, 0.25) is 0 Å². The van der Waals surface area contributed by atoms with Crippen molar-refractivity contribution in [3.8, 4) is 11.5 Å². The van der Waals surface area contributed by atoms with Crippen molar-refractivity contribution < 1.29 is 29.1 Å². The molecule has 0 aromatic heterocycles. The average Bonchev–Trinajstić information content (AvgIpc) is 2.62. The lowest BCUT2D eigenvalue weighted by Gasteiger charge is -2.11. The van der Waals surface area contributed by atoms with Crippen LogP contribution in [-0.4, -0.2) is 36.1 Å². The Morgan fingerprint density at radius 1 is 1.16 bits per heavy atom. The number of ether oxygens (including phenoxy) is 2. The number of nitro benzene ring substituents is 1. The number of anilines is 1. The second-order valence-corrected chi connectivity index (χ2v) is 4.82. The Bertz CT molecular complexity index is 848. The number of hydrogen-bond acceptors (Lipinski definition) is 7. The van der Waals surface area contributed by atoms with E-state index in [4.69, 9.17) is 4.74 Å². The van der Waals surface area contributed by atoms with Gasteiger partial charge in [0.2, 0.25) is 0 Å². The molecule has 0 radical (unpaired) electrons. The van der Waals surface area contributed by atoms with E-state index in [-0.39, 0.29) is 34.0 Å². The largest absolute Gasteiger partial charge is 0.506 e. The number of phenols is 1. The summed E-state index contributed by atoms with van der Waals surface area (Å²) in [7, 11) is 2.51. The number of carbonyl (C=O) groups excluding carboxylic acids is 2. The van der Waals surface area contributed by atoms with Crippen LogP contribution in [0.4, 0.5) is 11.4 Å². The highest BCUT2D eigenvalue weighted by Crippen LogP contribution is 2.28. The van der Waals surface area contributed by atoms with Crippen LogP contribution in [0.1, 0.15) is 20.7 Å². The summed E-state index contributed by atoms with van der Waals surface area (Å²) >= 11 is 0. The number of non-ortho nitro benzene ring substituents is 1. The van der Waals surface area contributed by atoms with Gasteiger partial charge in [-0.05, 0) is 24.3 Å². The van der Waals surface area contributed by atoms with E-state index in [0.29, 0.717) is 0 Å². The third kappa shape index (κ3) is 3.83. The van der Waals surface area contributed by atoms with Crippen LogP contribution in [0.15, 0.2) is 36.4 Å². The summed E-state index contributed by atoms with van der Waals surface area (Å²) in [5.74, 6) is -1.57. The highest BCUT2D eigenvalue weighted by atomic mass is 16.6. The number of benzene rings is 2. The van der Waals surface area contributed by atoms with Crippen molar-refractivity contribution in [3.63, 3.8) is 0 Å². The summed E-state index contributed by atoms with van der Waals surface area (Å²) in [4.78, 5) is 34.2. The molecular weight excluding hydrogens is 332 g/mol. The van der Waals surface area contributed by atoms with E-state index in [2.05, 4.69) is 10.1 Å². The van der Waals surface area contributed by atoms with Crippen LogP contribution in [0.3, 0.4) is 0 Å². The van der Waals surface area contributed by atoms with E-state index in [9.17, 15) is 24.8 Å². The lowest BCUT2D eigenvalue weighted by atomic mass is 10.1. The summed E-state index contributed by atoms with van der Waals surface area (Å²) in [6.45, 7) is 0. The number of hydrogen-bond donors (Lipinski definition) is 2. The summed E-state index contributed by atoms with van der Waals surface area (Å²) in [5, 5.41) is 23.1. The van der Waals surface area contributed by atoms with Gasteiger partial charge >= 0.3 is 5.97 Å². The molecule has 0 fully saturated rings. The highest BCUT2D eigenvalue weighted by Gasteiger charge is 2.19. The number of esters is 1. The Balaban J connectivity index is 2.38. The van der Waals surface area contributed by atoms with Gasteiger partial charge in [0, 0.05) is 12.1 Å². The number of nitrogens with one attached hydrogen (secondary N) is 1. The molecule has 130 valence electrons. The van der Waals surface area contributed by atoms with E-state index in [1.807, 2.05) is 0 Å². The van der Waals surface area contributed by atoms with Crippen molar-refractivity contribution >= 4 is 23.3 Å². The summed E-state index contributed by atoms with van der Waals surface area (Å²) in [5.41, 5.74) is -0.332. The van der Waals surface area contributed by atoms with Crippen molar-refractivity contribution in [2.45, 2.75) is 0 Å². The van der Waals surface area contributed by atoms with E-state index in [1.165, 1.54) is 44.6 Å². The topological polar surface area (TPSA) is 128 Å². The van der Waals surface area contributed by atoms with E-state index in [1.54, 1.807) is 0 Å². The fourth-order valence-electron chi connectivity index (χ4n) is 2.06. The number of nitrogens with zero attached hydrogens (tertiary/aromatic N) is 1. The monoisotopic (exact) mass is 346 g/mol. The summed E-state index contributed by atoms with van der Waals surface area (Å²) in [6, 6.07) is 7.30. The number of amides is 1. The van der Waals surface area contributed by atoms with Gasteiger partial charge in [-0.25, -0.2) is 4.79 Å². The number of carbonyl (C=O) groups is 2. The molecule has 0 aliphatic heterocycles. The molecule has 2 aromatic carbocycles. The van der Waals surface area contributed by atoms with Gasteiger partial charge in [-0.1, -0.05) is 0 Å². The minimum atomic E-state index is -0.752. The van der Waals surface area contributed by atoms with Crippen molar-refractivity contribution in [2.75, 3.05) is 19.5 Å². The molecule has 1 amide bonds. The van der Waals surface area contributed by atoms with Gasteiger partial charge < -0.3 is 19.9 Å². The molecule has 9 heteroatoms. The Labute approximate surface area is 141 Å². The minimum absolute atomic E-state index is 0.0542. The smallest absolute Gasteiger partial charge is 0.337 e. The molecule has 0 atom stereocenters. The quantitative estimate of drug-likeness (QED) is 0.368. The van der Waals surface area contributed by atoms with Crippen LogP contribution in [0.25, 0.3) is 0 Å². The summed E-state index contributed by atoms with van der Waals surface area (Å²) < 4.78 is 9.60. The zero-order valence-corrected chi connectivity index (χ0v) is 13.3. The van der Waals surface area contributed by atoms with Crippen molar-refractivity contribution in [1.29, 1.82) is 0 Å². The first kappa shape index (κ1) is 17.7. The van der Waals surface area contributed by atoms with Gasteiger partial charge in [0.05, 0.1) is 36.0 Å². The van der Waals surface area contributed by atoms with Gasteiger partial charge in [-0.3, -0.25) is 14.9 Å². The van der Waals surface area contributed by atoms with Crippen LogP contribution in [-0.2, 0) is 4.74 Å². The third-order valence-corrected chi connectivity index (χ3v) is 3.30. The zero-order valence-electron chi connectivity index (χ0n) is 13.3. The van der Waals surface area contributed by atoms with Gasteiger partial charge in [-0.2, -0.15) is 0 Å². The second kappa shape index (κ2) is 7.30. The van der Waals surface area contributed by atoms with Gasteiger partial charge in [0.15, 0.2) is 0 Å². The molecule has 9 nitrogen and oxygen atoms in total. The fraction of sp³-hybridized carbons (Fsp3) is 0.125. The predicted octanol–water partition coefficient (Wildman–Crippen LogP) is 2.35. The maximum atomic E-state index is 12.4. The molecular formula is C16H14N2O7. The number of methoxy groups -OCH3 is 2. The molecule has 0 aliphatic carbocycles. The normalized spacial score (nSPS) is 10.0. The van der Waals surface area contributed by atoms with Crippen LogP contribution in [0, 0.1) is 10.1 Å². The molecule has 2 aromatic rings. The lowest BCUT2D eigenvalue weighted by Crippen LogP contribution is -2.14. The van der Waals surface area contributed by atoms with Gasteiger partial charge in [0.1, 0.15) is 11.5 Å². The molecule has 2 rings (SSSR count). The van der Waals surface area contributed by atoms with Crippen molar-refractivity contribution in [3.05, 3.63) is 57.6 Å². The molecule has 0 unspecified atom stereocenters. The van der Waals surface area contributed by atoms with Crippen LogP contribution >= 0.6 is 0 Å². The van der Waals surface area contributed by atoms with Crippen LogP contribution < -0.4 is 10.1 Å². The molecule has 0 spiro atoms. The van der Waals surface area contributed by atoms with Gasteiger partial charge in [-0.15, -0.1) is 0 Å². The Hall–Kier alpha value is -3.62. The number of nitro groups is 1. The fourth-order valence-corrected chi connectivity index (χ4v) is 2.06. The van der Waals surface area contributed by atoms with E-state index >= 15 is 0 Å². The SMILES string of the molecule is COC(=O)c1ccc(O)c(NC(=O)c2cc([N+](=O)[O-])ccc2OC)c1. The van der Waals surface area contributed by atoms with Crippen molar-refractivity contribution in [1.82, 2.24) is 0 Å². The van der Waals surface area contributed by atoms with Crippen LogP contribution in [0.5, 0.6) is 11.5 Å². The number of aromatic hydroxyl groups is 1. The second-order valence-electron chi connectivity index (χ2n) is 4.82. The predicted molar refractivity (Wildman–Crippen MR) is 87.0 cm³/mol. The maximum absolute atomic E-state index is 12.4. The number of rotatable bonds is 5. The zero-order chi connectivity index (χ0) is 18.6. The molecule has 2 N–H and O–H groups in total. The molecule has 0 bridgehead atoms. The Kier molecular flexibility index (Phi) is 5.18. The van der Waals surface area contributed by atoms with E-state index < -0.39 is 16.8 Å². The molecule has 25 heavy (non-hydrogen) atoms. The summed E-state index contributed by atoms with van der Waals surface area (Å²) in [6.07, 6.45) is 0. The molecule has 0 heterocycles. The van der Waals surface area contributed by atoms with Crippen molar-refractivity contribution in [2.24, 2.45) is 0 Å². The third-order valence-electron chi connectivity index (χ3n) is 3.30. The minimum Gasteiger partial charge on any atom is -0.506 e. The first-order valence-corrected chi connectivity index (χ1v) is 6.92. The lowest BCUT2D eigenvalue weighted by molar-refractivity contribution is -0.384. The first-order valence-electron chi connectivity index (χ1n) is 6.92. The Morgan fingerprint density at radius 3 is 2.48 bits per heavy atom. The molecule has 0 saturated carbocycles. The highest BCUT2D eigenvalue weighted by molar-refractivity contribution is 6.07. The maximum Gasteiger partial charge on any atom is 0.337 e. The first-order chi connectivity index (χ1) is 11.9. The Morgan fingerprint density at radius 2 is 1.88 bits per heavy atom. The standard InChI is InChI=1S/C16H14N2O7/c1-24-14-6-4-10(18(22)23)8-11(14)15(20)17-12-7-9(16(21)25-2)3-5-13(12)19/h3-8,19H,1-2H3,(H,17,20). The number of phenolic OH excluding ortho intramolecular Hbond substituents is 1. The van der Waals surface area contributed by atoms with Gasteiger partial charge in [0.25, 0.3) is 11.6 Å². The molecule has 0 aliphatic rings. The average molecular weight is 346 g/mol. The molecule has 0 saturated heterocycles.